The van der Waals surface area contributed by atoms with Crippen LogP contribution in [0.3, 0.4) is 0 Å². The number of carboxylic acid groups (broad SMARTS) is 1. The Balaban J connectivity index is 1.62. The zero-order valence-corrected chi connectivity index (χ0v) is 15.4. The number of carbonyl (C=O) groups is 3. The second-order valence-electron chi connectivity index (χ2n) is 6.99. The molecule has 0 aliphatic carbocycles. The van der Waals surface area contributed by atoms with Crippen molar-refractivity contribution in [2.24, 2.45) is 5.92 Å². The van der Waals surface area contributed by atoms with E-state index >= 15 is 0 Å². The van der Waals surface area contributed by atoms with E-state index in [1.807, 2.05) is 31.2 Å². The van der Waals surface area contributed by atoms with E-state index in [4.69, 9.17) is 5.11 Å². The Labute approximate surface area is 157 Å². The number of nitrogens with one attached hydrogen (secondary N) is 1. The minimum absolute atomic E-state index is 0.0341. The number of anilines is 1. The molecule has 1 unspecified atom stereocenters. The summed E-state index contributed by atoms with van der Waals surface area (Å²) in [5.74, 6) is -1.67. The van der Waals surface area contributed by atoms with E-state index in [0.717, 1.165) is 11.1 Å². The number of benzene rings is 2. The Kier molecular flexibility index (Phi) is 5.26. The Morgan fingerprint density at radius 2 is 1.85 bits per heavy atom. The lowest BCUT2D eigenvalue weighted by Crippen LogP contribution is -2.28. The van der Waals surface area contributed by atoms with E-state index < -0.39 is 11.9 Å². The number of nitrogens with zero attached hydrogens (tertiary/aromatic N) is 1. The number of hydrogen-bond acceptors (Lipinski definition) is 3. The van der Waals surface area contributed by atoms with Gasteiger partial charge in [0, 0.05) is 25.2 Å². The van der Waals surface area contributed by atoms with Gasteiger partial charge >= 0.3 is 5.97 Å². The zero-order chi connectivity index (χ0) is 19.6. The molecule has 140 valence electrons. The van der Waals surface area contributed by atoms with Gasteiger partial charge in [-0.05, 0) is 43.2 Å². The van der Waals surface area contributed by atoms with Crippen LogP contribution in [0.1, 0.15) is 33.5 Å². The minimum atomic E-state index is -1.00. The van der Waals surface area contributed by atoms with Crippen LogP contribution in [-0.4, -0.2) is 34.3 Å². The maximum Gasteiger partial charge on any atom is 0.335 e. The second kappa shape index (κ2) is 7.61. The minimum Gasteiger partial charge on any atom is -0.478 e. The molecule has 0 saturated carbocycles. The monoisotopic (exact) mass is 366 g/mol. The standard InChI is InChI=1S/C21H22N2O4/c1-13-3-5-15(6-4-13)11-23-12-16(10-19(23)24)20(25)22-17-7-8-18(21(26)27)14(2)9-17/h3-9,16H,10-12H2,1-2H3,(H,22,25)(H,26,27). The largest absolute Gasteiger partial charge is 0.478 e. The van der Waals surface area contributed by atoms with E-state index in [-0.39, 0.29) is 23.8 Å². The number of carbonyl (C=O) groups excluding carboxylic acids is 2. The van der Waals surface area contributed by atoms with Gasteiger partial charge in [-0.2, -0.15) is 0 Å². The van der Waals surface area contributed by atoms with Crippen LogP contribution in [0.15, 0.2) is 42.5 Å². The van der Waals surface area contributed by atoms with Crippen molar-refractivity contribution < 1.29 is 19.5 Å². The molecular weight excluding hydrogens is 344 g/mol. The molecule has 6 heteroatoms. The van der Waals surface area contributed by atoms with Gasteiger partial charge in [-0.25, -0.2) is 4.79 Å². The lowest BCUT2D eigenvalue weighted by atomic mass is 10.1. The van der Waals surface area contributed by atoms with Crippen molar-refractivity contribution in [3.63, 3.8) is 0 Å². The van der Waals surface area contributed by atoms with Crippen LogP contribution in [0.25, 0.3) is 0 Å². The van der Waals surface area contributed by atoms with E-state index in [1.165, 1.54) is 6.07 Å². The third-order valence-corrected chi connectivity index (χ3v) is 4.80. The predicted molar refractivity (Wildman–Crippen MR) is 101 cm³/mol. The molecule has 1 aliphatic rings. The summed E-state index contributed by atoms with van der Waals surface area (Å²) < 4.78 is 0. The molecule has 0 spiro atoms. The topological polar surface area (TPSA) is 86.7 Å². The molecule has 2 aromatic carbocycles. The molecule has 27 heavy (non-hydrogen) atoms. The highest BCUT2D eigenvalue weighted by Gasteiger charge is 2.34. The van der Waals surface area contributed by atoms with Crippen LogP contribution in [-0.2, 0) is 16.1 Å². The maximum atomic E-state index is 12.5. The van der Waals surface area contributed by atoms with Crippen LogP contribution in [0.4, 0.5) is 5.69 Å². The van der Waals surface area contributed by atoms with Gasteiger partial charge in [0.05, 0.1) is 11.5 Å². The highest BCUT2D eigenvalue weighted by Crippen LogP contribution is 2.23. The molecule has 6 nitrogen and oxygen atoms in total. The second-order valence-corrected chi connectivity index (χ2v) is 6.99. The van der Waals surface area contributed by atoms with Gasteiger partial charge < -0.3 is 15.3 Å². The molecule has 1 heterocycles. The number of likely N-dealkylation sites (tertiary alicyclic amines) is 1. The Morgan fingerprint density at radius 3 is 2.48 bits per heavy atom. The Bertz CT molecular complexity index is 890. The van der Waals surface area contributed by atoms with Crippen LogP contribution in [0.2, 0.25) is 0 Å². The summed E-state index contributed by atoms with van der Waals surface area (Å²) in [6.45, 7) is 4.57. The summed E-state index contributed by atoms with van der Waals surface area (Å²) >= 11 is 0. The maximum absolute atomic E-state index is 12.5. The number of hydrogen-bond donors (Lipinski definition) is 2. The summed E-state index contributed by atoms with van der Waals surface area (Å²) in [5, 5.41) is 11.9. The van der Waals surface area contributed by atoms with Gasteiger partial charge in [-0.15, -0.1) is 0 Å². The zero-order valence-electron chi connectivity index (χ0n) is 15.4. The molecule has 1 aliphatic heterocycles. The van der Waals surface area contributed by atoms with Crippen molar-refractivity contribution in [3.8, 4) is 0 Å². The lowest BCUT2D eigenvalue weighted by Gasteiger charge is -2.17. The van der Waals surface area contributed by atoms with Crippen LogP contribution in [0, 0.1) is 19.8 Å². The molecule has 2 amide bonds. The molecule has 1 atom stereocenters. The first-order valence-electron chi connectivity index (χ1n) is 8.81. The third kappa shape index (κ3) is 4.34. The number of rotatable bonds is 5. The summed E-state index contributed by atoms with van der Waals surface area (Å²) in [4.78, 5) is 37.6. The first-order chi connectivity index (χ1) is 12.8. The van der Waals surface area contributed by atoms with E-state index in [0.29, 0.717) is 24.3 Å². The van der Waals surface area contributed by atoms with Crippen LogP contribution in [0.5, 0.6) is 0 Å². The fraction of sp³-hybridized carbons (Fsp3) is 0.286. The fourth-order valence-electron chi connectivity index (χ4n) is 3.24. The molecule has 0 bridgehead atoms. The van der Waals surface area contributed by atoms with Gasteiger partial charge in [-0.3, -0.25) is 9.59 Å². The first kappa shape index (κ1) is 18.6. The average molecular weight is 366 g/mol. The normalized spacial score (nSPS) is 16.4. The van der Waals surface area contributed by atoms with Crippen molar-refractivity contribution in [3.05, 3.63) is 64.7 Å². The molecule has 2 N–H and O–H groups in total. The van der Waals surface area contributed by atoms with Crippen LogP contribution < -0.4 is 5.32 Å². The van der Waals surface area contributed by atoms with Gasteiger partial charge in [0.1, 0.15) is 0 Å². The number of aryl methyl sites for hydroxylation is 2. The third-order valence-electron chi connectivity index (χ3n) is 4.80. The van der Waals surface area contributed by atoms with E-state index in [9.17, 15) is 14.4 Å². The van der Waals surface area contributed by atoms with Crippen molar-refractivity contribution in [1.82, 2.24) is 4.90 Å². The summed E-state index contributed by atoms with van der Waals surface area (Å²) in [6, 6.07) is 12.6. The van der Waals surface area contributed by atoms with Gasteiger partial charge in [0.2, 0.25) is 11.8 Å². The number of aromatic carboxylic acids is 1. The molecule has 3 rings (SSSR count). The van der Waals surface area contributed by atoms with Gasteiger partial charge in [0.25, 0.3) is 0 Å². The number of amides is 2. The lowest BCUT2D eigenvalue weighted by molar-refractivity contribution is -0.128. The Morgan fingerprint density at radius 1 is 1.15 bits per heavy atom. The highest BCUT2D eigenvalue weighted by molar-refractivity contribution is 5.98. The first-order valence-corrected chi connectivity index (χ1v) is 8.81. The summed E-state index contributed by atoms with van der Waals surface area (Å²) in [7, 11) is 0. The summed E-state index contributed by atoms with van der Waals surface area (Å²) in [5.41, 5.74) is 3.51. The average Bonchev–Trinajstić information content (AvgIpc) is 2.97. The van der Waals surface area contributed by atoms with Crippen molar-refractivity contribution in [2.45, 2.75) is 26.8 Å². The van der Waals surface area contributed by atoms with Crippen molar-refractivity contribution >= 4 is 23.5 Å². The van der Waals surface area contributed by atoms with E-state index in [1.54, 1.807) is 24.0 Å². The van der Waals surface area contributed by atoms with Gasteiger partial charge in [0.15, 0.2) is 0 Å². The van der Waals surface area contributed by atoms with Gasteiger partial charge in [-0.1, -0.05) is 29.8 Å². The quantitative estimate of drug-likeness (QED) is 0.852. The number of carboxylic acids is 1. The summed E-state index contributed by atoms with van der Waals surface area (Å²) in [6.07, 6.45) is 0.184. The Hall–Kier alpha value is -3.15. The molecule has 2 aromatic rings. The molecule has 0 radical (unpaired) electrons. The fourth-order valence-corrected chi connectivity index (χ4v) is 3.24. The smallest absolute Gasteiger partial charge is 0.335 e. The van der Waals surface area contributed by atoms with Crippen molar-refractivity contribution in [2.75, 3.05) is 11.9 Å². The molecule has 1 fully saturated rings. The molecular formula is C21H22N2O4. The molecule has 0 aromatic heterocycles. The van der Waals surface area contributed by atoms with E-state index in [2.05, 4.69) is 5.32 Å². The highest BCUT2D eigenvalue weighted by atomic mass is 16.4. The van der Waals surface area contributed by atoms with Crippen molar-refractivity contribution in [1.29, 1.82) is 0 Å². The molecule has 1 saturated heterocycles. The SMILES string of the molecule is Cc1ccc(CN2CC(C(=O)Nc3ccc(C(=O)O)c(C)c3)CC2=O)cc1. The predicted octanol–water partition coefficient (Wildman–Crippen LogP) is 2.99. The van der Waals surface area contributed by atoms with Crippen LogP contribution >= 0.6 is 0 Å².